The molecule has 0 spiro atoms. The second-order valence-electron chi connectivity index (χ2n) is 27.9. The molecule has 0 bridgehead atoms. The van der Waals surface area contributed by atoms with Crippen LogP contribution in [-0.4, -0.2) is 96.7 Å². The standard InChI is InChI=1S/C72H140O17P2/c1-62(2)48-40-32-24-18-13-9-11-15-21-27-36-44-52-69(74)82-58-67(88-72(77)55-47-39-29-23-17-20-26-34-42-50-64(5)6)60-86-90(78,79)84-56-66(73)57-85-91(80,81)87-61-68(59-83-70(75)53-45-37-31-30-35-43-51-65(7)8)89-71(76)54-46-38-28-22-16-12-10-14-19-25-33-41-49-63(3)4/h62-68,73H,9-61H2,1-8H3,(H,78,79)(H,80,81)/t66-,67-,68-/m1/s1. The van der Waals surface area contributed by atoms with Crippen molar-refractivity contribution in [2.75, 3.05) is 39.6 Å². The Labute approximate surface area is 556 Å². The molecule has 0 radical (unpaired) electrons. The normalized spacial score (nSPS) is 14.2. The maximum Gasteiger partial charge on any atom is 0.472 e. The summed E-state index contributed by atoms with van der Waals surface area (Å²) in [6.45, 7) is 14.1. The summed E-state index contributed by atoms with van der Waals surface area (Å²) in [6, 6.07) is 0. The van der Waals surface area contributed by atoms with Gasteiger partial charge in [-0.15, -0.1) is 0 Å². The van der Waals surface area contributed by atoms with Gasteiger partial charge in [-0.25, -0.2) is 9.13 Å². The SMILES string of the molecule is CC(C)CCCCCCCCCCCCCCC(=O)OC[C@H](COP(=O)(O)OC[C@@H](O)COP(=O)(O)OC[C@@H](COC(=O)CCCCCCCCC(C)C)OC(=O)CCCCCCCCCCCCCCC(C)C)OC(=O)CCCCCCCCCCCC(C)C. The zero-order valence-electron chi connectivity index (χ0n) is 59.5. The molecular weight excluding hydrogens is 1200 g/mol. The van der Waals surface area contributed by atoms with Crippen LogP contribution in [0.25, 0.3) is 0 Å². The van der Waals surface area contributed by atoms with Crippen molar-refractivity contribution in [3.05, 3.63) is 0 Å². The number of carbonyl (C=O) groups excluding carboxylic acids is 4. The van der Waals surface area contributed by atoms with Gasteiger partial charge in [-0.1, -0.05) is 306 Å². The summed E-state index contributed by atoms with van der Waals surface area (Å²) in [4.78, 5) is 72.6. The number of rotatable bonds is 69. The van der Waals surface area contributed by atoms with Crippen molar-refractivity contribution in [2.45, 2.75) is 375 Å². The molecule has 0 aromatic rings. The second kappa shape index (κ2) is 61.6. The largest absolute Gasteiger partial charge is 0.472 e. The third-order valence-electron chi connectivity index (χ3n) is 16.6. The minimum Gasteiger partial charge on any atom is -0.462 e. The first-order chi connectivity index (χ1) is 43.6. The predicted molar refractivity (Wildman–Crippen MR) is 367 cm³/mol. The number of aliphatic hydroxyl groups is 1. The van der Waals surface area contributed by atoms with E-state index in [0.29, 0.717) is 31.6 Å². The Morgan fingerprint density at radius 2 is 0.462 bits per heavy atom. The van der Waals surface area contributed by atoms with E-state index in [1.165, 1.54) is 154 Å². The van der Waals surface area contributed by atoms with Crippen LogP contribution in [0.2, 0.25) is 0 Å². The quantitative estimate of drug-likeness (QED) is 0.0222. The number of aliphatic hydroxyl groups excluding tert-OH is 1. The summed E-state index contributed by atoms with van der Waals surface area (Å²) in [6.07, 6.45) is 44.6. The molecule has 0 aliphatic carbocycles. The van der Waals surface area contributed by atoms with Crippen molar-refractivity contribution < 1.29 is 80.2 Å². The Morgan fingerprint density at radius 1 is 0.275 bits per heavy atom. The summed E-state index contributed by atoms with van der Waals surface area (Å²) in [7, 11) is -9.91. The first-order valence-corrected chi connectivity index (χ1v) is 40.2. The molecule has 17 nitrogen and oxygen atoms in total. The third-order valence-corrected chi connectivity index (χ3v) is 18.5. The lowest BCUT2D eigenvalue weighted by atomic mass is 10.0. The maximum atomic E-state index is 13.0. The van der Waals surface area contributed by atoms with Gasteiger partial charge in [-0.2, -0.15) is 0 Å². The fraction of sp³-hybridized carbons (Fsp3) is 0.944. The Bertz CT molecular complexity index is 1800. The van der Waals surface area contributed by atoms with Crippen LogP contribution in [0.4, 0.5) is 0 Å². The van der Waals surface area contributed by atoms with Gasteiger partial charge in [0.25, 0.3) is 0 Å². The predicted octanol–water partition coefficient (Wildman–Crippen LogP) is 20.5. The molecule has 0 fully saturated rings. The van der Waals surface area contributed by atoms with E-state index >= 15 is 0 Å². The number of phosphoric ester groups is 2. The van der Waals surface area contributed by atoms with E-state index in [4.69, 9.17) is 37.0 Å². The van der Waals surface area contributed by atoms with E-state index in [9.17, 15) is 43.2 Å². The highest BCUT2D eigenvalue weighted by Crippen LogP contribution is 2.45. The molecule has 0 rings (SSSR count). The smallest absolute Gasteiger partial charge is 0.462 e. The van der Waals surface area contributed by atoms with Crippen LogP contribution in [-0.2, 0) is 65.4 Å². The van der Waals surface area contributed by atoms with Crippen LogP contribution in [0.5, 0.6) is 0 Å². The highest BCUT2D eigenvalue weighted by atomic mass is 31.2. The lowest BCUT2D eigenvalue weighted by Gasteiger charge is -2.21. The van der Waals surface area contributed by atoms with Gasteiger partial charge in [-0.05, 0) is 49.4 Å². The number of phosphoric acid groups is 2. The van der Waals surface area contributed by atoms with E-state index in [1.54, 1.807) is 0 Å². The molecule has 0 aliphatic rings. The van der Waals surface area contributed by atoms with Crippen LogP contribution in [0.1, 0.15) is 357 Å². The zero-order valence-corrected chi connectivity index (χ0v) is 61.3. The van der Waals surface area contributed by atoms with Gasteiger partial charge in [0.1, 0.15) is 19.3 Å². The van der Waals surface area contributed by atoms with Crippen LogP contribution in [0, 0.1) is 23.7 Å². The van der Waals surface area contributed by atoms with E-state index in [-0.39, 0.29) is 25.7 Å². The first kappa shape index (κ1) is 89.1. The molecule has 19 heteroatoms. The highest BCUT2D eigenvalue weighted by molar-refractivity contribution is 7.47. The summed E-state index contributed by atoms with van der Waals surface area (Å²) in [5.41, 5.74) is 0. The van der Waals surface area contributed by atoms with Crippen molar-refractivity contribution in [1.29, 1.82) is 0 Å². The zero-order chi connectivity index (χ0) is 67.5. The fourth-order valence-corrected chi connectivity index (χ4v) is 12.4. The number of unbranched alkanes of at least 4 members (excludes halogenated alkanes) is 35. The second-order valence-corrected chi connectivity index (χ2v) is 30.8. The number of esters is 4. The van der Waals surface area contributed by atoms with Gasteiger partial charge in [0.05, 0.1) is 26.4 Å². The van der Waals surface area contributed by atoms with Crippen molar-refractivity contribution >= 4 is 39.5 Å². The lowest BCUT2D eigenvalue weighted by molar-refractivity contribution is -0.161. The van der Waals surface area contributed by atoms with Gasteiger partial charge >= 0.3 is 39.5 Å². The molecule has 0 aromatic carbocycles. The van der Waals surface area contributed by atoms with Crippen molar-refractivity contribution in [3.8, 4) is 0 Å². The Balaban J connectivity index is 5.23. The average molecular weight is 1340 g/mol. The summed E-state index contributed by atoms with van der Waals surface area (Å²) < 4.78 is 68.3. The molecule has 5 atom stereocenters. The van der Waals surface area contributed by atoms with Crippen LogP contribution in [0.15, 0.2) is 0 Å². The average Bonchev–Trinajstić information content (AvgIpc) is 2.89. The third kappa shape index (κ3) is 66.5. The molecule has 0 aromatic heterocycles. The highest BCUT2D eigenvalue weighted by Gasteiger charge is 2.30. The van der Waals surface area contributed by atoms with Crippen molar-refractivity contribution in [3.63, 3.8) is 0 Å². The summed E-state index contributed by atoms with van der Waals surface area (Å²) >= 11 is 0. The van der Waals surface area contributed by atoms with Gasteiger partial charge in [0.15, 0.2) is 12.2 Å². The molecule has 0 heterocycles. The number of ether oxygens (including phenoxy) is 4. The number of carbonyl (C=O) groups is 4. The topological polar surface area (TPSA) is 237 Å². The van der Waals surface area contributed by atoms with Crippen LogP contribution >= 0.6 is 15.6 Å². The minimum absolute atomic E-state index is 0.105. The molecule has 540 valence electrons. The molecule has 91 heavy (non-hydrogen) atoms. The van der Waals surface area contributed by atoms with Crippen molar-refractivity contribution in [1.82, 2.24) is 0 Å². The number of hydrogen-bond donors (Lipinski definition) is 3. The van der Waals surface area contributed by atoms with E-state index in [0.717, 1.165) is 114 Å². The van der Waals surface area contributed by atoms with Gasteiger partial charge in [0, 0.05) is 25.7 Å². The Morgan fingerprint density at radius 3 is 0.681 bits per heavy atom. The molecule has 0 saturated heterocycles. The van der Waals surface area contributed by atoms with Gasteiger partial charge in [-0.3, -0.25) is 37.3 Å². The lowest BCUT2D eigenvalue weighted by Crippen LogP contribution is -2.30. The molecule has 0 aliphatic heterocycles. The molecular formula is C72H140O17P2. The summed E-state index contributed by atoms with van der Waals surface area (Å²) in [5, 5.41) is 10.6. The molecule has 3 N–H and O–H groups in total. The monoisotopic (exact) mass is 1340 g/mol. The van der Waals surface area contributed by atoms with E-state index in [1.807, 2.05) is 0 Å². The number of hydrogen-bond acceptors (Lipinski definition) is 15. The molecule has 0 amide bonds. The summed E-state index contributed by atoms with van der Waals surface area (Å²) in [5.74, 6) is 0.846. The Hall–Kier alpha value is -1.94. The fourth-order valence-electron chi connectivity index (χ4n) is 10.8. The van der Waals surface area contributed by atoms with Crippen LogP contribution in [0.3, 0.4) is 0 Å². The minimum atomic E-state index is -4.95. The molecule has 0 saturated carbocycles. The Kier molecular flexibility index (Phi) is 60.3. The molecule has 2 unspecified atom stereocenters. The van der Waals surface area contributed by atoms with E-state index < -0.39 is 97.5 Å². The van der Waals surface area contributed by atoms with Crippen LogP contribution < -0.4 is 0 Å². The first-order valence-electron chi connectivity index (χ1n) is 37.2. The van der Waals surface area contributed by atoms with E-state index in [2.05, 4.69) is 55.4 Å². The van der Waals surface area contributed by atoms with Gasteiger partial charge in [0.2, 0.25) is 0 Å². The van der Waals surface area contributed by atoms with Gasteiger partial charge < -0.3 is 33.8 Å². The maximum absolute atomic E-state index is 13.0. The van der Waals surface area contributed by atoms with Crippen molar-refractivity contribution in [2.24, 2.45) is 23.7 Å².